The number of hydrogen-bond donors (Lipinski definition) is 2. The van der Waals surface area contributed by atoms with E-state index in [2.05, 4.69) is 10.6 Å². The number of hydrogen-bond acceptors (Lipinski definition) is 9. The zero-order valence-corrected chi connectivity index (χ0v) is 27.3. The van der Waals surface area contributed by atoms with E-state index in [9.17, 15) is 14.4 Å². The van der Waals surface area contributed by atoms with E-state index in [-0.39, 0.29) is 19.8 Å². The van der Waals surface area contributed by atoms with E-state index in [1.165, 1.54) is 7.11 Å². The van der Waals surface area contributed by atoms with Crippen molar-refractivity contribution < 1.29 is 42.8 Å². The van der Waals surface area contributed by atoms with Crippen LogP contribution in [-0.2, 0) is 27.4 Å². The van der Waals surface area contributed by atoms with Gasteiger partial charge in [-0.3, -0.25) is 9.69 Å². The van der Waals surface area contributed by atoms with E-state index < -0.39 is 30.2 Å². The Labute approximate surface area is 275 Å². The summed E-state index contributed by atoms with van der Waals surface area (Å²) in [5, 5.41) is 5.81. The van der Waals surface area contributed by atoms with Crippen molar-refractivity contribution >= 4 is 18.1 Å². The molecule has 252 valence electrons. The number of ether oxygens (including phenoxy) is 6. The van der Waals surface area contributed by atoms with Crippen LogP contribution in [0.1, 0.15) is 55.3 Å². The summed E-state index contributed by atoms with van der Waals surface area (Å²) in [6.45, 7) is 2.70. The van der Waals surface area contributed by atoms with E-state index in [1.807, 2.05) is 55.5 Å². The first-order chi connectivity index (χ1) is 22.8. The molecule has 4 rings (SSSR count). The van der Waals surface area contributed by atoms with Gasteiger partial charge in [0.05, 0.1) is 39.8 Å². The van der Waals surface area contributed by atoms with Crippen LogP contribution >= 0.6 is 0 Å². The standard InChI is InChI=1S/C35H43N3O9/c1-5-6-7-27(36-34(40)37-30(19-33(39)44-4)26-12-17-31-32(18-26)47-23-46-31)22-45-35(41)38(20-24-8-13-28(42-2)14-9-24)21-25-10-15-29(43-3)16-11-25/h8-18,27,30H,5-7,19-23H2,1-4H3,(H2,36,37,40). The van der Waals surface area contributed by atoms with Crippen LogP contribution in [0.25, 0.3) is 0 Å². The molecule has 2 unspecified atom stereocenters. The van der Waals surface area contributed by atoms with E-state index in [4.69, 9.17) is 28.4 Å². The molecule has 1 aliphatic heterocycles. The van der Waals surface area contributed by atoms with Crippen molar-refractivity contribution in [2.45, 2.75) is 57.8 Å². The highest BCUT2D eigenvalue weighted by atomic mass is 16.7. The average Bonchev–Trinajstić information content (AvgIpc) is 3.57. The number of methoxy groups -OCH3 is 3. The van der Waals surface area contributed by atoms with Gasteiger partial charge in [0.25, 0.3) is 0 Å². The maximum absolute atomic E-state index is 13.5. The van der Waals surface area contributed by atoms with Crippen molar-refractivity contribution in [3.8, 4) is 23.0 Å². The molecule has 1 heterocycles. The Hall–Kier alpha value is -5.13. The van der Waals surface area contributed by atoms with E-state index in [1.54, 1.807) is 37.3 Å². The van der Waals surface area contributed by atoms with Gasteiger partial charge < -0.3 is 39.1 Å². The van der Waals surface area contributed by atoms with Crippen LogP contribution in [0.3, 0.4) is 0 Å². The van der Waals surface area contributed by atoms with Crippen LogP contribution in [-0.4, -0.2) is 63.8 Å². The van der Waals surface area contributed by atoms with Crippen LogP contribution in [0.15, 0.2) is 66.7 Å². The highest BCUT2D eigenvalue weighted by molar-refractivity contribution is 5.77. The first kappa shape index (κ1) is 34.7. The molecule has 0 saturated carbocycles. The lowest BCUT2D eigenvalue weighted by Gasteiger charge is -2.26. The van der Waals surface area contributed by atoms with E-state index in [0.717, 1.165) is 24.0 Å². The van der Waals surface area contributed by atoms with Crippen LogP contribution < -0.4 is 29.6 Å². The first-order valence-electron chi connectivity index (χ1n) is 15.5. The van der Waals surface area contributed by atoms with Crippen molar-refractivity contribution in [2.24, 2.45) is 0 Å². The predicted octanol–water partition coefficient (Wildman–Crippen LogP) is 5.73. The second kappa shape index (κ2) is 17.5. The number of carbonyl (C=O) groups excluding carboxylic acids is 3. The quantitative estimate of drug-likeness (QED) is 0.187. The lowest BCUT2D eigenvalue weighted by molar-refractivity contribution is -0.141. The fraction of sp³-hybridized carbons (Fsp3) is 0.400. The molecular weight excluding hydrogens is 606 g/mol. The first-order valence-corrected chi connectivity index (χ1v) is 15.5. The molecule has 3 aromatic rings. The van der Waals surface area contributed by atoms with Gasteiger partial charge in [-0.2, -0.15) is 0 Å². The number of unbranched alkanes of at least 4 members (excludes halogenated alkanes) is 1. The lowest BCUT2D eigenvalue weighted by atomic mass is 10.0. The molecule has 0 saturated heterocycles. The largest absolute Gasteiger partial charge is 0.497 e. The highest BCUT2D eigenvalue weighted by Crippen LogP contribution is 2.35. The molecule has 1 aliphatic rings. The van der Waals surface area contributed by atoms with Gasteiger partial charge in [-0.15, -0.1) is 0 Å². The monoisotopic (exact) mass is 649 g/mol. The zero-order chi connectivity index (χ0) is 33.6. The number of nitrogens with zero attached hydrogens (tertiary/aromatic N) is 1. The summed E-state index contributed by atoms with van der Waals surface area (Å²) in [7, 11) is 4.49. The minimum absolute atomic E-state index is 0.0420. The maximum atomic E-state index is 13.5. The van der Waals surface area contributed by atoms with Crippen LogP contribution in [0, 0.1) is 0 Å². The van der Waals surface area contributed by atoms with Gasteiger partial charge in [0, 0.05) is 13.1 Å². The van der Waals surface area contributed by atoms with Gasteiger partial charge in [0.2, 0.25) is 6.79 Å². The van der Waals surface area contributed by atoms with E-state index in [0.29, 0.717) is 48.1 Å². The number of urea groups is 1. The SMILES string of the molecule is CCCCC(COC(=O)N(Cc1ccc(OC)cc1)Cc1ccc(OC)cc1)NC(=O)NC(CC(=O)OC)c1ccc2c(c1)OCO2. The van der Waals surface area contributed by atoms with Gasteiger partial charge in [0.1, 0.15) is 18.1 Å². The highest BCUT2D eigenvalue weighted by Gasteiger charge is 2.25. The number of carbonyl (C=O) groups is 3. The molecule has 3 aromatic carbocycles. The van der Waals surface area contributed by atoms with Gasteiger partial charge in [-0.1, -0.05) is 50.1 Å². The maximum Gasteiger partial charge on any atom is 0.410 e. The van der Waals surface area contributed by atoms with Gasteiger partial charge >= 0.3 is 18.1 Å². The molecule has 0 radical (unpaired) electrons. The molecule has 0 bridgehead atoms. The average molecular weight is 650 g/mol. The Morgan fingerprint density at radius 3 is 2.02 bits per heavy atom. The van der Waals surface area contributed by atoms with Crippen LogP contribution in [0.4, 0.5) is 9.59 Å². The second-order valence-electron chi connectivity index (χ2n) is 11.0. The van der Waals surface area contributed by atoms with E-state index >= 15 is 0 Å². The van der Waals surface area contributed by atoms with Crippen molar-refractivity contribution in [1.29, 1.82) is 0 Å². The Balaban J connectivity index is 1.43. The number of rotatable bonds is 16. The van der Waals surface area contributed by atoms with Crippen molar-refractivity contribution in [3.05, 3.63) is 83.4 Å². The number of esters is 1. The molecule has 0 aromatic heterocycles. The Morgan fingerprint density at radius 2 is 1.45 bits per heavy atom. The fourth-order valence-corrected chi connectivity index (χ4v) is 5.02. The molecule has 2 atom stereocenters. The minimum atomic E-state index is -0.698. The molecular formula is C35H43N3O9. The molecule has 3 amide bonds. The molecule has 2 N–H and O–H groups in total. The third-order valence-electron chi connectivity index (χ3n) is 7.68. The predicted molar refractivity (Wildman–Crippen MR) is 174 cm³/mol. The third-order valence-corrected chi connectivity index (χ3v) is 7.68. The topological polar surface area (TPSA) is 134 Å². The summed E-state index contributed by atoms with van der Waals surface area (Å²) in [6, 6.07) is 18.5. The molecule has 47 heavy (non-hydrogen) atoms. The molecule has 0 fully saturated rings. The fourth-order valence-electron chi connectivity index (χ4n) is 5.02. The third kappa shape index (κ3) is 10.5. The van der Waals surface area contributed by atoms with Crippen LogP contribution in [0.2, 0.25) is 0 Å². The minimum Gasteiger partial charge on any atom is -0.497 e. The lowest BCUT2D eigenvalue weighted by Crippen LogP contribution is -2.46. The number of fused-ring (bicyclic) bond motifs is 1. The molecule has 0 spiro atoms. The molecule has 0 aliphatic carbocycles. The Morgan fingerprint density at radius 1 is 0.830 bits per heavy atom. The summed E-state index contributed by atoms with van der Waals surface area (Å²) in [6.07, 6.45) is 1.66. The second-order valence-corrected chi connectivity index (χ2v) is 11.0. The van der Waals surface area contributed by atoms with Gasteiger partial charge in [0.15, 0.2) is 11.5 Å². The summed E-state index contributed by atoms with van der Waals surface area (Å²) in [5.41, 5.74) is 2.45. The normalized spacial score (nSPS) is 12.8. The number of amides is 3. The Kier molecular flexibility index (Phi) is 13.0. The molecule has 12 heteroatoms. The van der Waals surface area contributed by atoms with Crippen LogP contribution in [0.5, 0.6) is 23.0 Å². The summed E-state index contributed by atoms with van der Waals surface area (Å²) in [4.78, 5) is 40.6. The van der Waals surface area contributed by atoms with Crippen molar-refractivity contribution in [1.82, 2.24) is 15.5 Å². The van der Waals surface area contributed by atoms with Crippen molar-refractivity contribution in [3.63, 3.8) is 0 Å². The summed E-state index contributed by atoms with van der Waals surface area (Å²) >= 11 is 0. The smallest absolute Gasteiger partial charge is 0.410 e. The zero-order valence-electron chi connectivity index (χ0n) is 27.3. The van der Waals surface area contributed by atoms with Gasteiger partial charge in [-0.25, -0.2) is 9.59 Å². The Bertz CT molecular complexity index is 1410. The van der Waals surface area contributed by atoms with Crippen molar-refractivity contribution in [2.75, 3.05) is 34.7 Å². The summed E-state index contributed by atoms with van der Waals surface area (Å²) in [5.74, 6) is 2.06. The summed E-state index contributed by atoms with van der Waals surface area (Å²) < 4.78 is 32.1. The molecule has 12 nitrogen and oxygen atoms in total. The van der Waals surface area contributed by atoms with Gasteiger partial charge in [-0.05, 0) is 59.5 Å². The number of nitrogens with one attached hydrogen (secondary N) is 2. The number of benzene rings is 3.